The Labute approximate surface area is 109 Å². The van der Waals surface area contributed by atoms with Gasteiger partial charge in [-0.25, -0.2) is 0 Å². The van der Waals surface area contributed by atoms with Crippen LogP contribution in [0.2, 0.25) is 0 Å². The molecule has 2 rings (SSSR count). The highest BCUT2D eigenvalue weighted by Gasteiger charge is 2.21. The fourth-order valence-electron chi connectivity index (χ4n) is 1.90. The van der Waals surface area contributed by atoms with Gasteiger partial charge in [-0.15, -0.1) is 0 Å². The summed E-state index contributed by atoms with van der Waals surface area (Å²) in [6, 6.07) is 1.64. The van der Waals surface area contributed by atoms with Crippen molar-refractivity contribution in [3.8, 4) is 0 Å². The Morgan fingerprint density at radius 1 is 1.59 bits per heavy atom. The molecule has 0 amide bonds. The molecule has 2 heterocycles. The molecule has 0 saturated heterocycles. The molecule has 0 saturated carbocycles. The molecule has 1 unspecified atom stereocenters. The van der Waals surface area contributed by atoms with E-state index in [0.717, 1.165) is 34.5 Å². The molecule has 4 nitrogen and oxygen atoms in total. The van der Waals surface area contributed by atoms with Gasteiger partial charge in [0.2, 0.25) is 0 Å². The molecule has 0 spiro atoms. The maximum absolute atomic E-state index is 6.25. The van der Waals surface area contributed by atoms with Crippen LogP contribution in [0.15, 0.2) is 27.4 Å². The van der Waals surface area contributed by atoms with Gasteiger partial charge < -0.3 is 10.2 Å². The minimum absolute atomic E-state index is 0.284. The molecule has 0 aliphatic rings. The topological polar surface area (TPSA) is 57.0 Å². The molecular weight excluding hydrogens is 282 g/mol. The lowest BCUT2D eigenvalue weighted by molar-refractivity contribution is 0.465. The van der Waals surface area contributed by atoms with Crippen molar-refractivity contribution in [2.75, 3.05) is 0 Å². The number of furan rings is 1. The second kappa shape index (κ2) is 5.06. The van der Waals surface area contributed by atoms with Crippen molar-refractivity contribution in [1.82, 2.24) is 9.78 Å². The molecular formula is C12H16BrN3O. The predicted octanol–water partition coefficient (Wildman–Crippen LogP) is 3.01. The number of halogens is 1. The molecule has 0 aliphatic carbocycles. The number of hydrogen-bond acceptors (Lipinski definition) is 3. The van der Waals surface area contributed by atoms with E-state index in [1.54, 1.807) is 12.5 Å². The highest BCUT2D eigenvalue weighted by Crippen LogP contribution is 2.29. The molecule has 2 aromatic rings. The maximum atomic E-state index is 6.25. The average molecular weight is 298 g/mol. The van der Waals surface area contributed by atoms with Gasteiger partial charge in [-0.2, -0.15) is 5.10 Å². The third kappa shape index (κ3) is 2.30. The maximum Gasteiger partial charge on any atom is 0.129 e. The van der Waals surface area contributed by atoms with Crippen LogP contribution in [-0.4, -0.2) is 9.78 Å². The van der Waals surface area contributed by atoms with Gasteiger partial charge in [0.25, 0.3) is 0 Å². The van der Waals surface area contributed by atoms with Gasteiger partial charge in [0, 0.05) is 6.54 Å². The first kappa shape index (κ1) is 12.4. The van der Waals surface area contributed by atoms with Crippen LogP contribution in [0.25, 0.3) is 0 Å². The van der Waals surface area contributed by atoms with Gasteiger partial charge in [-0.3, -0.25) is 4.68 Å². The average Bonchev–Trinajstić information content (AvgIpc) is 2.86. The molecule has 0 radical (unpaired) electrons. The molecule has 2 N–H and O–H groups in total. The first-order valence-corrected chi connectivity index (χ1v) is 6.45. The lowest BCUT2D eigenvalue weighted by Gasteiger charge is -2.13. The molecule has 0 bridgehead atoms. The Balaban J connectivity index is 2.39. The van der Waals surface area contributed by atoms with Crippen LogP contribution in [-0.2, 0) is 6.54 Å². The van der Waals surface area contributed by atoms with E-state index >= 15 is 0 Å². The predicted molar refractivity (Wildman–Crippen MR) is 69.7 cm³/mol. The molecule has 1 atom stereocenters. The van der Waals surface area contributed by atoms with E-state index in [2.05, 4.69) is 28.0 Å². The second-order valence-electron chi connectivity index (χ2n) is 4.05. The number of hydrogen-bond donors (Lipinski definition) is 1. The summed E-state index contributed by atoms with van der Waals surface area (Å²) in [6.07, 6.45) is 4.47. The van der Waals surface area contributed by atoms with E-state index < -0.39 is 0 Å². The van der Waals surface area contributed by atoms with Gasteiger partial charge in [0.05, 0.1) is 22.6 Å². The molecule has 0 aromatic carbocycles. The molecule has 5 heteroatoms. The van der Waals surface area contributed by atoms with Crippen LogP contribution in [0.4, 0.5) is 0 Å². The minimum atomic E-state index is -0.284. The van der Waals surface area contributed by atoms with Crippen LogP contribution in [0.3, 0.4) is 0 Å². The number of rotatable bonds is 4. The van der Waals surface area contributed by atoms with Gasteiger partial charge in [0.1, 0.15) is 11.8 Å². The number of aromatic nitrogens is 2. The summed E-state index contributed by atoms with van der Waals surface area (Å²) in [5.41, 5.74) is 8.28. The first-order valence-electron chi connectivity index (χ1n) is 5.66. The summed E-state index contributed by atoms with van der Waals surface area (Å²) < 4.78 is 8.30. The summed E-state index contributed by atoms with van der Waals surface area (Å²) in [4.78, 5) is 0. The van der Waals surface area contributed by atoms with Crippen LogP contribution >= 0.6 is 15.9 Å². The first-order chi connectivity index (χ1) is 8.15. The molecule has 17 heavy (non-hydrogen) atoms. The normalized spacial score (nSPS) is 12.9. The van der Waals surface area contributed by atoms with E-state index in [1.807, 2.05) is 17.7 Å². The number of nitrogens with two attached hydrogens (primary N) is 1. The van der Waals surface area contributed by atoms with Crippen molar-refractivity contribution < 1.29 is 4.42 Å². The lowest BCUT2D eigenvalue weighted by Crippen LogP contribution is -2.18. The van der Waals surface area contributed by atoms with E-state index in [0.29, 0.717) is 0 Å². The van der Waals surface area contributed by atoms with Crippen LogP contribution < -0.4 is 5.73 Å². The van der Waals surface area contributed by atoms with Crippen molar-refractivity contribution in [2.45, 2.75) is 32.9 Å². The molecule has 2 aromatic heterocycles. The van der Waals surface area contributed by atoms with E-state index in [-0.39, 0.29) is 6.04 Å². The van der Waals surface area contributed by atoms with E-state index in [9.17, 15) is 0 Å². The van der Waals surface area contributed by atoms with Gasteiger partial charge >= 0.3 is 0 Å². The highest BCUT2D eigenvalue weighted by molar-refractivity contribution is 9.10. The minimum Gasteiger partial charge on any atom is -0.467 e. The summed E-state index contributed by atoms with van der Waals surface area (Å²) in [5.74, 6) is 0.795. The van der Waals surface area contributed by atoms with Gasteiger partial charge in [0.15, 0.2) is 0 Å². The Hall–Kier alpha value is -1.07. The van der Waals surface area contributed by atoms with Crippen LogP contribution in [0.1, 0.15) is 36.4 Å². The number of nitrogens with zero attached hydrogens (tertiary/aromatic N) is 2. The Morgan fingerprint density at radius 3 is 2.94 bits per heavy atom. The zero-order valence-electron chi connectivity index (χ0n) is 9.98. The summed E-state index contributed by atoms with van der Waals surface area (Å²) >= 11 is 3.49. The Morgan fingerprint density at radius 2 is 2.35 bits per heavy atom. The van der Waals surface area contributed by atoms with Crippen LogP contribution in [0, 0.1) is 6.92 Å². The molecule has 0 fully saturated rings. The zero-order valence-corrected chi connectivity index (χ0v) is 11.6. The second-order valence-corrected chi connectivity index (χ2v) is 4.90. The van der Waals surface area contributed by atoms with E-state index in [4.69, 9.17) is 10.2 Å². The quantitative estimate of drug-likeness (QED) is 0.944. The summed E-state index contributed by atoms with van der Waals surface area (Å²) in [5, 5.41) is 4.31. The van der Waals surface area contributed by atoms with Crippen molar-refractivity contribution in [1.29, 1.82) is 0 Å². The summed E-state index contributed by atoms with van der Waals surface area (Å²) in [7, 11) is 0. The highest BCUT2D eigenvalue weighted by atomic mass is 79.9. The fourth-order valence-corrected chi connectivity index (χ4v) is 2.44. The van der Waals surface area contributed by atoms with E-state index in [1.165, 1.54) is 0 Å². The van der Waals surface area contributed by atoms with Gasteiger partial charge in [-0.05, 0) is 40.9 Å². The fraction of sp³-hybridized carbons (Fsp3) is 0.417. The largest absolute Gasteiger partial charge is 0.467 e. The molecule has 92 valence electrons. The van der Waals surface area contributed by atoms with Crippen molar-refractivity contribution in [3.63, 3.8) is 0 Å². The standard InChI is InChI=1S/C12H16BrN3O/c1-3-5-16-11(9(13)7-15-16)10(14)12-8(2)4-6-17-12/h4,6-7,10H,3,5,14H2,1-2H3. The monoisotopic (exact) mass is 297 g/mol. The van der Waals surface area contributed by atoms with Crippen molar-refractivity contribution in [3.05, 3.63) is 40.0 Å². The third-order valence-electron chi connectivity index (χ3n) is 2.75. The van der Waals surface area contributed by atoms with Crippen LogP contribution in [0.5, 0.6) is 0 Å². The SMILES string of the molecule is CCCn1ncc(Br)c1C(N)c1occc1C. The Bertz CT molecular complexity index is 504. The molecule has 0 aliphatic heterocycles. The lowest BCUT2D eigenvalue weighted by atomic mass is 10.1. The summed E-state index contributed by atoms with van der Waals surface area (Å²) in [6.45, 7) is 4.96. The number of aryl methyl sites for hydroxylation is 2. The smallest absolute Gasteiger partial charge is 0.129 e. The van der Waals surface area contributed by atoms with Crippen molar-refractivity contribution >= 4 is 15.9 Å². The van der Waals surface area contributed by atoms with Gasteiger partial charge in [-0.1, -0.05) is 6.92 Å². The van der Waals surface area contributed by atoms with Crippen molar-refractivity contribution in [2.24, 2.45) is 5.73 Å². The Kier molecular flexibility index (Phi) is 3.69. The third-order valence-corrected chi connectivity index (χ3v) is 3.36. The zero-order chi connectivity index (χ0) is 12.4.